The summed E-state index contributed by atoms with van der Waals surface area (Å²) >= 11 is 6.95. The molecule has 0 unspecified atom stereocenters. The Kier molecular flexibility index (Phi) is 9.92. The maximum absolute atomic E-state index is 12.5. The molecule has 0 atom stereocenters. The molecule has 0 bridgehead atoms. The lowest BCUT2D eigenvalue weighted by molar-refractivity contribution is 0.0449. The Morgan fingerprint density at radius 3 is 1.94 bits per heavy atom. The van der Waals surface area contributed by atoms with Gasteiger partial charge in [0.1, 0.15) is 19.8 Å². The van der Waals surface area contributed by atoms with E-state index in [4.69, 9.17) is 23.7 Å². The molecule has 168 valence electrons. The highest BCUT2D eigenvalue weighted by molar-refractivity contribution is 9.13. The van der Waals surface area contributed by atoms with Crippen LogP contribution in [0, 0.1) is 0 Å². The molecule has 0 aromatic heterocycles. The molecule has 0 fully saturated rings. The maximum Gasteiger partial charge on any atom is 0.410 e. The fraction of sp³-hybridized carbons (Fsp3) is 0.409. The van der Waals surface area contributed by atoms with Crippen molar-refractivity contribution >= 4 is 38.0 Å². The van der Waals surface area contributed by atoms with Crippen molar-refractivity contribution in [2.45, 2.75) is 6.61 Å². The van der Waals surface area contributed by atoms with Crippen LogP contribution in [0.25, 0.3) is 0 Å². The first kappa shape index (κ1) is 23.8. The standard InChI is InChI=1S/C22H25Br2NO6/c23-18-14-20-21(15-19(18)24)30-13-11-28-9-7-25(6-8-27-10-12-29-20)22(26)31-16-17-4-2-1-3-5-17/h1-5,14-15H,6-13,16H2. The van der Waals surface area contributed by atoms with E-state index in [-0.39, 0.29) is 6.61 Å². The summed E-state index contributed by atoms with van der Waals surface area (Å²) in [7, 11) is 0. The van der Waals surface area contributed by atoms with Crippen molar-refractivity contribution in [2.75, 3.05) is 52.7 Å². The van der Waals surface area contributed by atoms with Gasteiger partial charge < -0.3 is 28.6 Å². The van der Waals surface area contributed by atoms with Crippen molar-refractivity contribution in [2.24, 2.45) is 0 Å². The predicted molar refractivity (Wildman–Crippen MR) is 123 cm³/mol. The van der Waals surface area contributed by atoms with Gasteiger partial charge in [-0.15, -0.1) is 0 Å². The lowest BCUT2D eigenvalue weighted by Crippen LogP contribution is -2.37. The van der Waals surface area contributed by atoms with Crippen molar-refractivity contribution in [1.82, 2.24) is 4.90 Å². The van der Waals surface area contributed by atoms with E-state index < -0.39 is 6.09 Å². The van der Waals surface area contributed by atoms with Crippen LogP contribution >= 0.6 is 31.9 Å². The van der Waals surface area contributed by atoms with Crippen molar-refractivity contribution < 1.29 is 28.5 Å². The molecule has 1 heterocycles. The molecule has 3 rings (SSSR count). The normalized spacial score (nSPS) is 16.1. The highest BCUT2D eigenvalue weighted by atomic mass is 79.9. The fourth-order valence-corrected chi connectivity index (χ4v) is 3.46. The average Bonchev–Trinajstić information content (AvgIpc) is 2.78. The molecule has 31 heavy (non-hydrogen) atoms. The molecule has 1 aliphatic rings. The third-order valence-corrected chi connectivity index (χ3v) is 6.28. The number of benzene rings is 2. The van der Waals surface area contributed by atoms with Crippen LogP contribution in [0.5, 0.6) is 11.5 Å². The van der Waals surface area contributed by atoms with Crippen LogP contribution in [-0.4, -0.2) is 63.7 Å². The summed E-state index contributed by atoms with van der Waals surface area (Å²) in [6.07, 6.45) is -0.394. The zero-order valence-corrected chi connectivity index (χ0v) is 20.2. The Morgan fingerprint density at radius 2 is 1.39 bits per heavy atom. The molecule has 0 saturated heterocycles. The quantitative estimate of drug-likeness (QED) is 0.534. The zero-order chi connectivity index (χ0) is 21.9. The topological polar surface area (TPSA) is 66.5 Å². The Morgan fingerprint density at radius 1 is 0.839 bits per heavy atom. The number of amides is 1. The van der Waals surface area contributed by atoms with E-state index in [9.17, 15) is 4.79 Å². The van der Waals surface area contributed by atoms with Gasteiger partial charge in [0.05, 0.1) is 26.4 Å². The number of hydrogen-bond acceptors (Lipinski definition) is 6. The molecule has 0 aliphatic carbocycles. The van der Waals surface area contributed by atoms with Gasteiger partial charge in [-0.25, -0.2) is 4.79 Å². The minimum Gasteiger partial charge on any atom is -0.487 e. The molecule has 7 nitrogen and oxygen atoms in total. The summed E-state index contributed by atoms with van der Waals surface area (Å²) in [5.74, 6) is 1.25. The average molecular weight is 559 g/mol. The minimum absolute atomic E-state index is 0.225. The first-order valence-electron chi connectivity index (χ1n) is 9.99. The van der Waals surface area contributed by atoms with Gasteiger partial charge in [0.2, 0.25) is 0 Å². The van der Waals surface area contributed by atoms with Gasteiger partial charge in [0.15, 0.2) is 11.5 Å². The Bertz CT molecular complexity index is 795. The molecular formula is C22H25Br2NO6. The second-order valence-corrected chi connectivity index (χ2v) is 8.37. The highest BCUT2D eigenvalue weighted by Gasteiger charge is 2.16. The van der Waals surface area contributed by atoms with Crippen LogP contribution in [0.4, 0.5) is 4.79 Å². The molecule has 9 heteroatoms. The van der Waals surface area contributed by atoms with Crippen LogP contribution in [-0.2, 0) is 20.8 Å². The molecule has 2 aromatic carbocycles. The maximum atomic E-state index is 12.5. The van der Waals surface area contributed by atoms with Gasteiger partial charge in [0.25, 0.3) is 0 Å². The molecule has 2 aromatic rings. The number of carbonyl (C=O) groups excluding carboxylic acids is 1. The molecular weight excluding hydrogens is 534 g/mol. The van der Waals surface area contributed by atoms with E-state index in [0.29, 0.717) is 64.2 Å². The largest absolute Gasteiger partial charge is 0.487 e. The summed E-state index contributed by atoms with van der Waals surface area (Å²) in [5.41, 5.74) is 0.939. The lowest BCUT2D eigenvalue weighted by Gasteiger charge is -2.22. The molecule has 1 amide bonds. The second-order valence-electron chi connectivity index (χ2n) is 6.66. The van der Waals surface area contributed by atoms with E-state index >= 15 is 0 Å². The van der Waals surface area contributed by atoms with Crippen LogP contribution in [0.1, 0.15) is 5.56 Å². The molecule has 1 aliphatic heterocycles. The first-order chi connectivity index (χ1) is 15.1. The van der Waals surface area contributed by atoms with E-state index in [1.807, 2.05) is 42.5 Å². The smallest absolute Gasteiger partial charge is 0.410 e. The number of carbonyl (C=O) groups is 1. The van der Waals surface area contributed by atoms with Gasteiger partial charge >= 0.3 is 6.09 Å². The summed E-state index contributed by atoms with van der Waals surface area (Å²) in [6.45, 7) is 3.27. The summed E-state index contributed by atoms with van der Waals surface area (Å²) in [5, 5.41) is 0. The van der Waals surface area contributed by atoms with Gasteiger partial charge in [0, 0.05) is 22.0 Å². The van der Waals surface area contributed by atoms with Gasteiger partial charge in [-0.05, 0) is 49.6 Å². The monoisotopic (exact) mass is 557 g/mol. The van der Waals surface area contributed by atoms with Crippen molar-refractivity contribution in [3.8, 4) is 11.5 Å². The van der Waals surface area contributed by atoms with Gasteiger partial charge in [-0.3, -0.25) is 0 Å². The van der Waals surface area contributed by atoms with Crippen LogP contribution in [0.2, 0.25) is 0 Å². The zero-order valence-electron chi connectivity index (χ0n) is 17.1. The van der Waals surface area contributed by atoms with E-state index in [0.717, 1.165) is 14.5 Å². The van der Waals surface area contributed by atoms with Crippen LogP contribution in [0.15, 0.2) is 51.4 Å². The number of nitrogens with zero attached hydrogens (tertiary/aromatic N) is 1. The van der Waals surface area contributed by atoms with Crippen LogP contribution < -0.4 is 9.47 Å². The number of fused-ring (bicyclic) bond motifs is 1. The van der Waals surface area contributed by atoms with Gasteiger partial charge in [-0.1, -0.05) is 30.3 Å². The number of ether oxygens (including phenoxy) is 5. The molecule has 0 radical (unpaired) electrons. The van der Waals surface area contributed by atoms with Crippen LogP contribution in [0.3, 0.4) is 0 Å². The molecule has 0 spiro atoms. The third kappa shape index (κ3) is 7.99. The van der Waals surface area contributed by atoms with Crippen molar-refractivity contribution in [1.29, 1.82) is 0 Å². The Labute approximate surface area is 198 Å². The SMILES string of the molecule is O=C(OCc1ccccc1)N1CCOCCOc2cc(Br)c(Br)cc2OCCOCC1. The number of hydrogen-bond donors (Lipinski definition) is 0. The van der Waals surface area contributed by atoms with Gasteiger partial charge in [-0.2, -0.15) is 0 Å². The molecule has 0 saturated carbocycles. The number of halogens is 2. The van der Waals surface area contributed by atoms with Crippen molar-refractivity contribution in [3.63, 3.8) is 0 Å². The minimum atomic E-state index is -0.394. The summed E-state index contributed by atoms with van der Waals surface area (Å²) in [6, 6.07) is 13.3. The van der Waals surface area contributed by atoms with Crippen molar-refractivity contribution in [3.05, 3.63) is 57.0 Å². The van der Waals surface area contributed by atoms with E-state index in [2.05, 4.69) is 31.9 Å². The summed E-state index contributed by atoms with van der Waals surface area (Å²) < 4.78 is 30.1. The summed E-state index contributed by atoms with van der Waals surface area (Å²) in [4.78, 5) is 14.1. The fourth-order valence-electron chi connectivity index (χ4n) is 2.82. The highest BCUT2D eigenvalue weighted by Crippen LogP contribution is 2.36. The lowest BCUT2D eigenvalue weighted by atomic mass is 10.2. The predicted octanol–water partition coefficient (Wildman–Crippen LogP) is 4.65. The molecule has 0 N–H and O–H groups in total. The first-order valence-corrected chi connectivity index (χ1v) is 11.6. The second kappa shape index (κ2) is 12.9. The van der Waals surface area contributed by atoms with E-state index in [1.54, 1.807) is 4.90 Å². The Balaban J connectivity index is 1.53. The Hall–Kier alpha value is -1.81. The third-order valence-electron chi connectivity index (χ3n) is 4.43. The van der Waals surface area contributed by atoms with E-state index in [1.165, 1.54) is 0 Å². The number of rotatable bonds is 2.